The van der Waals surface area contributed by atoms with Crippen LogP contribution in [0.4, 0.5) is 0 Å². The number of aromatic nitrogens is 2. The molecule has 6 rings (SSSR count). The zero-order valence-electron chi connectivity index (χ0n) is 14.5. The summed E-state index contributed by atoms with van der Waals surface area (Å²) in [6.07, 6.45) is 3.26. The van der Waals surface area contributed by atoms with E-state index in [0.29, 0.717) is 20.7 Å². The van der Waals surface area contributed by atoms with Crippen LogP contribution in [0.2, 0.25) is 0 Å². The molecule has 3 fully saturated rings. The maximum atomic E-state index is 13.4. The van der Waals surface area contributed by atoms with Crippen LogP contribution in [0.3, 0.4) is 0 Å². The Hall–Kier alpha value is -1.39. The van der Waals surface area contributed by atoms with E-state index in [4.69, 9.17) is 12.9 Å². The van der Waals surface area contributed by atoms with Gasteiger partial charge in [0.15, 0.2) is 0 Å². The van der Waals surface area contributed by atoms with Crippen molar-refractivity contribution in [2.75, 3.05) is 32.8 Å². The molecule has 1 aromatic carbocycles. The molecule has 1 unspecified atom stereocenters. The highest BCUT2D eigenvalue weighted by Gasteiger charge is 2.40. The van der Waals surface area contributed by atoms with Crippen molar-refractivity contribution >= 4 is 38.9 Å². The maximum absolute atomic E-state index is 13.4. The summed E-state index contributed by atoms with van der Waals surface area (Å²) in [6.45, 7) is 6.28. The molecule has 1 amide bonds. The van der Waals surface area contributed by atoms with E-state index < -0.39 is 0 Å². The Bertz CT molecular complexity index is 858. The van der Waals surface area contributed by atoms with Crippen LogP contribution in [0.5, 0.6) is 0 Å². The fourth-order valence-electron chi connectivity index (χ4n) is 4.95. The summed E-state index contributed by atoms with van der Waals surface area (Å²) >= 11 is 0. The Morgan fingerprint density at radius 1 is 1.24 bits per heavy atom. The second-order valence-electron chi connectivity index (χ2n) is 7.46. The minimum atomic E-state index is 0.168. The van der Waals surface area contributed by atoms with Gasteiger partial charge in [0.05, 0.1) is 16.8 Å². The Morgan fingerprint density at radius 2 is 2.04 bits per heavy atom. The van der Waals surface area contributed by atoms with Gasteiger partial charge in [-0.2, -0.15) is 5.10 Å². The molecule has 25 heavy (non-hydrogen) atoms. The third-order valence-electron chi connectivity index (χ3n) is 6.24. The number of carbonyl (C=O) groups is 1. The number of carbonyl (C=O) groups excluding carboxylic acids is 1. The van der Waals surface area contributed by atoms with Gasteiger partial charge in [-0.1, -0.05) is 11.5 Å². The topological polar surface area (TPSA) is 41.4 Å². The molecule has 0 spiro atoms. The first-order valence-electron chi connectivity index (χ1n) is 9.18. The SMILES string of the molecule is [B]c1ccc2c3c(nn(PC)c13)CCN([C@@H]1CN3CCC1CC3)C2=O. The Morgan fingerprint density at radius 3 is 2.72 bits per heavy atom. The molecule has 5 nitrogen and oxygen atoms in total. The molecule has 5 heterocycles. The quantitative estimate of drug-likeness (QED) is 0.598. The largest absolute Gasteiger partial charge is 0.334 e. The lowest BCUT2D eigenvalue weighted by molar-refractivity contribution is 0.00821. The Kier molecular flexibility index (Phi) is 3.69. The summed E-state index contributed by atoms with van der Waals surface area (Å²) in [4.78, 5) is 18.1. The van der Waals surface area contributed by atoms with E-state index in [1.165, 1.54) is 25.9 Å². The second kappa shape index (κ2) is 5.82. The first kappa shape index (κ1) is 15.8. The van der Waals surface area contributed by atoms with Gasteiger partial charge in [-0.15, -0.1) is 0 Å². The molecule has 4 aliphatic heterocycles. The third kappa shape index (κ3) is 2.30. The van der Waals surface area contributed by atoms with Crippen molar-refractivity contribution in [1.82, 2.24) is 19.4 Å². The van der Waals surface area contributed by atoms with Gasteiger partial charge in [0.2, 0.25) is 0 Å². The molecule has 1 aromatic heterocycles. The molecule has 2 atom stereocenters. The van der Waals surface area contributed by atoms with Gasteiger partial charge in [-0.3, -0.25) is 4.79 Å². The molecule has 0 N–H and O–H groups in total. The summed E-state index contributed by atoms with van der Waals surface area (Å²) in [7, 11) is 6.74. The summed E-state index contributed by atoms with van der Waals surface area (Å²) in [5.74, 6) is 0.821. The van der Waals surface area contributed by atoms with E-state index in [-0.39, 0.29) is 5.91 Å². The molecule has 4 aliphatic rings. The van der Waals surface area contributed by atoms with Crippen LogP contribution in [0.1, 0.15) is 28.9 Å². The van der Waals surface area contributed by atoms with Gasteiger partial charge in [0.25, 0.3) is 5.91 Å². The molecule has 0 saturated carbocycles. The zero-order chi connectivity index (χ0) is 17.1. The number of piperidine rings is 3. The monoisotopic (exact) mass is 352 g/mol. The van der Waals surface area contributed by atoms with E-state index in [1.54, 1.807) is 0 Å². The summed E-state index contributed by atoms with van der Waals surface area (Å²) in [5, 5.41) is 5.77. The lowest BCUT2D eigenvalue weighted by Crippen LogP contribution is -2.58. The van der Waals surface area contributed by atoms with Crippen molar-refractivity contribution in [3.05, 3.63) is 23.4 Å². The van der Waals surface area contributed by atoms with E-state index in [9.17, 15) is 4.79 Å². The van der Waals surface area contributed by atoms with Crippen LogP contribution in [0.15, 0.2) is 12.1 Å². The molecular weight excluding hydrogens is 330 g/mol. The lowest BCUT2D eigenvalue weighted by Gasteiger charge is -2.49. The average molecular weight is 352 g/mol. The van der Waals surface area contributed by atoms with Crippen LogP contribution in [-0.2, 0) is 6.42 Å². The summed E-state index contributed by atoms with van der Waals surface area (Å²) in [6, 6.07) is 4.14. The van der Waals surface area contributed by atoms with Crippen LogP contribution in [0.25, 0.3) is 10.9 Å². The smallest absolute Gasteiger partial charge is 0.254 e. The van der Waals surface area contributed by atoms with Gasteiger partial charge in [-0.05, 0) is 44.6 Å². The van der Waals surface area contributed by atoms with Crippen molar-refractivity contribution in [3.63, 3.8) is 0 Å². The standard InChI is InChI=1S/C18H22BN4OP/c1-25-23-17-13(19)3-2-12-16(17)14(20-23)6-9-22(18(12)24)15-10-21-7-4-11(15)5-8-21/h2-3,11,15,25H,4-10H2,1H3/t15-/m1/s1. The predicted molar refractivity (Wildman–Crippen MR) is 102 cm³/mol. The van der Waals surface area contributed by atoms with Gasteiger partial charge < -0.3 is 9.80 Å². The highest BCUT2D eigenvalue weighted by atomic mass is 31.1. The van der Waals surface area contributed by atoms with Gasteiger partial charge >= 0.3 is 0 Å². The molecular formula is C18H22BN4OP. The highest BCUT2D eigenvalue weighted by Crippen LogP contribution is 2.35. The van der Waals surface area contributed by atoms with E-state index in [2.05, 4.69) is 16.5 Å². The number of rotatable bonds is 2. The number of hydrogen-bond donors (Lipinski definition) is 0. The van der Waals surface area contributed by atoms with Crippen molar-refractivity contribution in [3.8, 4) is 0 Å². The summed E-state index contributed by atoms with van der Waals surface area (Å²) < 4.78 is 1.97. The third-order valence-corrected chi connectivity index (χ3v) is 6.99. The Balaban J connectivity index is 1.60. The Labute approximate surface area is 151 Å². The van der Waals surface area contributed by atoms with Crippen molar-refractivity contribution in [1.29, 1.82) is 0 Å². The van der Waals surface area contributed by atoms with Crippen molar-refractivity contribution < 1.29 is 4.79 Å². The fraction of sp³-hybridized carbons (Fsp3) is 0.556. The van der Waals surface area contributed by atoms with Gasteiger partial charge in [0.1, 0.15) is 7.85 Å². The molecule has 2 radical (unpaired) electrons. The van der Waals surface area contributed by atoms with Crippen molar-refractivity contribution in [2.45, 2.75) is 25.3 Å². The van der Waals surface area contributed by atoms with E-state index >= 15 is 0 Å². The lowest BCUT2D eigenvalue weighted by atomic mass is 9.83. The molecule has 3 saturated heterocycles. The van der Waals surface area contributed by atoms with E-state index in [0.717, 1.165) is 47.1 Å². The highest BCUT2D eigenvalue weighted by molar-refractivity contribution is 7.35. The molecule has 2 aromatic rings. The first-order valence-corrected chi connectivity index (χ1v) is 10.6. The minimum Gasteiger partial charge on any atom is -0.334 e. The number of nitrogens with zero attached hydrogens (tertiary/aromatic N) is 4. The average Bonchev–Trinajstić information content (AvgIpc) is 2.96. The fourth-order valence-corrected chi connectivity index (χ4v) is 5.63. The van der Waals surface area contributed by atoms with Gasteiger partial charge in [-0.25, -0.2) is 4.45 Å². The van der Waals surface area contributed by atoms with Gasteiger partial charge in [0, 0.05) is 39.7 Å². The number of hydrogen-bond acceptors (Lipinski definition) is 3. The molecule has 7 heteroatoms. The van der Waals surface area contributed by atoms with Crippen LogP contribution in [-0.4, -0.2) is 72.0 Å². The van der Waals surface area contributed by atoms with E-state index in [1.807, 2.05) is 16.6 Å². The molecule has 0 aliphatic carbocycles. The molecule has 128 valence electrons. The minimum absolute atomic E-state index is 0.168. The van der Waals surface area contributed by atoms with Crippen LogP contribution in [0, 0.1) is 5.92 Å². The van der Waals surface area contributed by atoms with Crippen LogP contribution < -0.4 is 5.46 Å². The zero-order valence-corrected chi connectivity index (χ0v) is 15.5. The number of benzene rings is 1. The predicted octanol–water partition coefficient (Wildman–Crippen LogP) is 0.994. The second-order valence-corrected chi connectivity index (χ2v) is 8.33. The number of fused-ring (bicyclic) bond motifs is 3. The van der Waals surface area contributed by atoms with Crippen molar-refractivity contribution in [2.24, 2.45) is 5.92 Å². The summed E-state index contributed by atoms with van der Waals surface area (Å²) in [5.41, 5.74) is 3.48. The molecule has 2 bridgehead atoms. The first-order chi connectivity index (χ1) is 12.2. The number of amides is 1. The maximum Gasteiger partial charge on any atom is 0.254 e. The van der Waals surface area contributed by atoms with Crippen LogP contribution >= 0.6 is 8.73 Å². The normalized spacial score (nSPS) is 29.1.